The molecule has 1 atom stereocenters. The molecule has 0 aliphatic rings. The number of aromatic amines is 1. The molecule has 0 amide bonds. The first kappa shape index (κ1) is 13.1. The second-order valence-corrected chi connectivity index (χ2v) is 5.94. The minimum absolute atomic E-state index is 0.129. The number of nitrogens with two attached hydrogens (primary N) is 1. The SMILES string of the molecule is CC(C)CC(N)CNS(=O)(=O)c1cn[nH]c1. The van der Waals surface area contributed by atoms with Gasteiger partial charge in [0, 0.05) is 18.8 Å². The third-order valence-electron chi connectivity index (χ3n) is 2.09. The first-order valence-corrected chi connectivity index (χ1v) is 6.64. The van der Waals surface area contributed by atoms with Crippen LogP contribution >= 0.6 is 0 Å². The van der Waals surface area contributed by atoms with E-state index in [4.69, 9.17) is 5.73 Å². The number of nitrogens with zero attached hydrogens (tertiary/aromatic N) is 1. The lowest BCUT2D eigenvalue weighted by Crippen LogP contribution is -2.37. The molecule has 0 spiro atoms. The number of aromatic nitrogens is 2. The van der Waals surface area contributed by atoms with E-state index >= 15 is 0 Å². The molecule has 6 nitrogen and oxygen atoms in total. The quantitative estimate of drug-likeness (QED) is 0.660. The van der Waals surface area contributed by atoms with Crippen molar-refractivity contribution in [3.05, 3.63) is 12.4 Å². The Bertz CT molecular complexity index is 399. The van der Waals surface area contributed by atoms with Crippen LogP contribution in [-0.2, 0) is 10.0 Å². The predicted molar refractivity (Wildman–Crippen MR) is 61.2 cm³/mol. The van der Waals surface area contributed by atoms with Gasteiger partial charge < -0.3 is 5.73 Å². The second-order valence-electron chi connectivity index (χ2n) is 4.18. The summed E-state index contributed by atoms with van der Waals surface area (Å²) in [5.74, 6) is 0.452. The molecule has 0 bridgehead atoms. The maximum Gasteiger partial charge on any atom is 0.243 e. The van der Waals surface area contributed by atoms with Gasteiger partial charge in [0.1, 0.15) is 4.90 Å². The number of sulfonamides is 1. The molecular formula is C9H18N4O2S. The summed E-state index contributed by atoms with van der Waals surface area (Å²) in [6.07, 6.45) is 3.38. The molecule has 0 saturated heterocycles. The number of hydrogen-bond donors (Lipinski definition) is 3. The highest BCUT2D eigenvalue weighted by molar-refractivity contribution is 7.89. The Hall–Kier alpha value is -0.920. The van der Waals surface area contributed by atoms with Gasteiger partial charge in [-0.05, 0) is 12.3 Å². The van der Waals surface area contributed by atoms with Crippen LogP contribution in [0.15, 0.2) is 17.3 Å². The van der Waals surface area contributed by atoms with Crippen molar-refractivity contribution in [3.8, 4) is 0 Å². The van der Waals surface area contributed by atoms with Gasteiger partial charge in [0.2, 0.25) is 10.0 Å². The Labute approximate surface area is 95.7 Å². The van der Waals surface area contributed by atoms with Gasteiger partial charge in [-0.3, -0.25) is 5.10 Å². The van der Waals surface area contributed by atoms with E-state index in [1.165, 1.54) is 12.4 Å². The van der Waals surface area contributed by atoms with Crippen molar-refractivity contribution in [2.75, 3.05) is 6.54 Å². The van der Waals surface area contributed by atoms with Gasteiger partial charge in [-0.15, -0.1) is 0 Å². The molecular weight excluding hydrogens is 228 g/mol. The first-order chi connectivity index (χ1) is 7.42. The lowest BCUT2D eigenvalue weighted by Gasteiger charge is -2.14. The van der Waals surface area contributed by atoms with Crippen LogP contribution in [0.25, 0.3) is 0 Å². The molecule has 92 valence electrons. The first-order valence-electron chi connectivity index (χ1n) is 5.16. The summed E-state index contributed by atoms with van der Waals surface area (Å²) >= 11 is 0. The normalized spacial score (nSPS) is 14.2. The molecule has 7 heteroatoms. The molecule has 1 aromatic rings. The van der Waals surface area contributed by atoms with E-state index in [1.54, 1.807) is 0 Å². The van der Waals surface area contributed by atoms with Crippen molar-refractivity contribution in [1.82, 2.24) is 14.9 Å². The minimum atomic E-state index is -3.47. The van der Waals surface area contributed by atoms with Gasteiger partial charge in [0.15, 0.2) is 0 Å². The van der Waals surface area contributed by atoms with Crippen molar-refractivity contribution in [2.24, 2.45) is 11.7 Å². The van der Waals surface area contributed by atoms with E-state index in [0.717, 1.165) is 6.42 Å². The van der Waals surface area contributed by atoms with Crippen LogP contribution in [0.1, 0.15) is 20.3 Å². The summed E-state index contributed by atoms with van der Waals surface area (Å²) < 4.78 is 25.8. The van der Waals surface area contributed by atoms with Crippen molar-refractivity contribution >= 4 is 10.0 Å². The zero-order valence-corrected chi connectivity index (χ0v) is 10.3. The molecule has 0 aliphatic carbocycles. The highest BCUT2D eigenvalue weighted by Crippen LogP contribution is 2.06. The third-order valence-corrected chi connectivity index (χ3v) is 3.48. The number of hydrogen-bond acceptors (Lipinski definition) is 4. The van der Waals surface area contributed by atoms with E-state index in [-0.39, 0.29) is 17.5 Å². The Kier molecular flexibility index (Phi) is 4.45. The summed E-state index contributed by atoms with van der Waals surface area (Å²) in [6.45, 7) is 4.33. The average molecular weight is 246 g/mol. The Morgan fingerprint density at radius 2 is 2.25 bits per heavy atom. The summed E-state index contributed by atoms with van der Waals surface area (Å²) in [5.41, 5.74) is 5.78. The molecule has 0 fully saturated rings. The molecule has 0 radical (unpaired) electrons. The summed E-state index contributed by atoms with van der Waals surface area (Å²) in [7, 11) is -3.47. The number of H-pyrrole nitrogens is 1. The van der Waals surface area contributed by atoms with E-state index in [0.29, 0.717) is 5.92 Å². The van der Waals surface area contributed by atoms with Gasteiger partial charge in [0.05, 0.1) is 6.20 Å². The fourth-order valence-corrected chi connectivity index (χ4v) is 2.37. The van der Waals surface area contributed by atoms with Crippen molar-refractivity contribution < 1.29 is 8.42 Å². The smallest absolute Gasteiger partial charge is 0.243 e. The molecule has 1 rings (SSSR count). The topological polar surface area (TPSA) is 101 Å². The van der Waals surface area contributed by atoms with Gasteiger partial charge in [-0.1, -0.05) is 13.8 Å². The molecule has 0 aromatic carbocycles. The minimum Gasteiger partial charge on any atom is -0.327 e. The number of rotatable bonds is 6. The summed E-state index contributed by atoms with van der Waals surface area (Å²) in [5, 5.41) is 6.04. The zero-order chi connectivity index (χ0) is 12.2. The molecule has 1 unspecified atom stereocenters. The van der Waals surface area contributed by atoms with Crippen LogP contribution in [0, 0.1) is 5.92 Å². The van der Waals surface area contributed by atoms with Crippen LogP contribution in [-0.4, -0.2) is 31.2 Å². The maximum atomic E-state index is 11.7. The predicted octanol–water partition coefficient (Wildman–Crippen LogP) is 0.0614. The van der Waals surface area contributed by atoms with Crippen LogP contribution < -0.4 is 10.5 Å². The Balaban J connectivity index is 2.49. The average Bonchev–Trinajstić information content (AvgIpc) is 2.67. The van der Waals surface area contributed by atoms with Crippen LogP contribution in [0.2, 0.25) is 0 Å². The van der Waals surface area contributed by atoms with Crippen LogP contribution in [0.5, 0.6) is 0 Å². The lowest BCUT2D eigenvalue weighted by atomic mass is 10.1. The maximum absolute atomic E-state index is 11.7. The highest BCUT2D eigenvalue weighted by Gasteiger charge is 2.16. The molecule has 1 aromatic heterocycles. The Morgan fingerprint density at radius 1 is 1.56 bits per heavy atom. The lowest BCUT2D eigenvalue weighted by molar-refractivity contribution is 0.486. The molecule has 16 heavy (non-hydrogen) atoms. The van der Waals surface area contributed by atoms with Crippen molar-refractivity contribution in [3.63, 3.8) is 0 Å². The summed E-state index contributed by atoms with van der Waals surface area (Å²) in [4.78, 5) is 0.129. The molecule has 4 N–H and O–H groups in total. The Morgan fingerprint density at radius 3 is 2.75 bits per heavy atom. The molecule has 1 heterocycles. The van der Waals surface area contributed by atoms with E-state index in [9.17, 15) is 8.42 Å². The number of nitrogens with one attached hydrogen (secondary N) is 2. The monoisotopic (exact) mass is 246 g/mol. The van der Waals surface area contributed by atoms with Gasteiger partial charge >= 0.3 is 0 Å². The zero-order valence-electron chi connectivity index (χ0n) is 9.47. The highest BCUT2D eigenvalue weighted by atomic mass is 32.2. The van der Waals surface area contributed by atoms with Gasteiger partial charge in [-0.2, -0.15) is 5.10 Å². The fraction of sp³-hybridized carbons (Fsp3) is 0.667. The van der Waals surface area contributed by atoms with Crippen molar-refractivity contribution in [2.45, 2.75) is 31.2 Å². The van der Waals surface area contributed by atoms with Crippen LogP contribution in [0.4, 0.5) is 0 Å². The largest absolute Gasteiger partial charge is 0.327 e. The third kappa shape index (κ3) is 3.92. The molecule has 0 aliphatic heterocycles. The van der Waals surface area contributed by atoms with E-state index in [1.807, 2.05) is 13.8 Å². The van der Waals surface area contributed by atoms with E-state index < -0.39 is 10.0 Å². The standard InChI is InChI=1S/C9H18N4O2S/c1-7(2)3-8(10)4-13-16(14,15)9-5-11-12-6-9/h5-8,13H,3-4,10H2,1-2H3,(H,11,12). The fourth-order valence-electron chi connectivity index (χ4n) is 1.37. The van der Waals surface area contributed by atoms with Crippen LogP contribution in [0.3, 0.4) is 0 Å². The van der Waals surface area contributed by atoms with Gasteiger partial charge in [0.25, 0.3) is 0 Å². The second kappa shape index (κ2) is 5.42. The van der Waals surface area contributed by atoms with Gasteiger partial charge in [-0.25, -0.2) is 13.1 Å². The van der Waals surface area contributed by atoms with Crippen molar-refractivity contribution in [1.29, 1.82) is 0 Å². The van der Waals surface area contributed by atoms with E-state index in [2.05, 4.69) is 14.9 Å². The summed E-state index contributed by atoms with van der Waals surface area (Å²) in [6, 6.07) is -0.165. The molecule has 0 saturated carbocycles.